The van der Waals surface area contributed by atoms with Gasteiger partial charge in [0.2, 0.25) is 0 Å². The van der Waals surface area contributed by atoms with Crippen LogP contribution in [0.25, 0.3) is 10.6 Å². The van der Waals surface area contributed by atoms with E-state index in [0.29, 0.717) is 0 Å². The number of nitrogens with one attached hydrogen (secondary N) is 1. The van der Waals surface area contributed by atoms with Gasteiger partial charge in [-0.3, -0.25) is 0 Å². The maximum atomic E-state index is 5.58. The summed E-state index contributed by atoms with van der Waals surface area (Å²) in [6.07, 6.45) is 6.58. The third-order valence-corrected chi connectivity index (χ3v) is 6.30. The molecule has 2 aromatic rings. The molecular weight excluding hydrogens is 316 g/mol. The van der Waals surface area contributed by atoms with Crippen molar-refractivity contribution in [2.45, 2.75) is 45.6 Å². The number of aromatic nitrogens is 1. The van der Waals surface area contributed by atoms with E-state index in [1.165, 1.54) is 36.8 Å². The second-order valence-electron chi connectivity index (χ2n) is 7.32. The molecule has 4 heteroatoms. The number of ether oxygens (including phenoxy) is 1. The van der Waals surface area contributed by atoms with E-state index in [1.54, 1.807) is 11.3 Å². The molecule has 3 nitrogen and oxygen atoms in total. The Kier molecular flexibility index (Phi) is 4.86. The summed E-state index contributed by atoms with van der Waals surface area (Å²) in [5, 5.41) is 6.92. The van der Waals surface area contributed by atoms with Gasteiger partial charge in [0, 0.05) is 23.9 Å². The molecular formula is C20H26N2OS. The number of nitrogens with zero attached hydrogens (tertiary/aromatic N) is 1. The highest BCUT2D eigenvalue weighted by molar-refractivity contribution is 7.13. The second kappa shape index (κ2) is 7.24. The van der Waals surface area contributed by atoms with Crippen LogP contribution in [0.2, 0.25) is 0 Å². The molecule has 1 aromatic heterocycles. The molecule has 1 fully saturated rings. The fraction of sp³-hybridized carbons (Fsp3) is 0.550. The highest BCUT2D eigenvalue weighted by Gasteiger charge is 2.18. The molecule has 24 heavy (non-hydrogen) atoms. The van der Waals surface area contributed by atoms with Crippen LogP contribution in [0.15, 0.2) is 23.6 Å². The van der Waals surface area contributed by atoms with Gasteiger partial charge in [0.15, 0.2) is 0 Å². The van der Waals surface area contributed by atoms with Crippen molar-refractivity contribution in [3.8, 4) is 16.3 Å². The summed E-state index contributed by atoms with van der Waals surface area (Å²) in [4.78, 5) is 4.82. The SMILES string of the molecule is CC1CCC(CNCc2csc(-c3ccc4c(c3)CCO4)n2)CC1. The first-order valence-electron chi connectivity index (χ1n) is 9.19. The highest BCUT2D eigenvalue weighted by Crippen LogP contribution is 2.32. The van der Waals surface area contributed by atoms with Gasteiger partial charge >= 0.3 is 0 Å². The first kappa shape index (κ1) is 16.1. The summed E-state index contributed by atoms with van der Waals surface area (Å²) in [5.74, 6) is 2.83. The topological polar surface area (TPSA) is 34.1 Å². The van der Waals surface area contributed by atoms with Crippen molar-refractivity contribution in [3.63, 3.8) is 0 Å². The zero-order valence-corrected chi connectivity index (χ0v) is 15.2. The van der Waals surface area contributed by atoms with Gasteiger partial charge in [0.1, 0.15) is 10.8 Å². The molecule has 128 valence electrons. The van der Waals surface area contributed by atoms with Crippen molar-refractivity contribution < 1.29 is 4.74 Å². The Morgan fingerprint density at radius 2 is 2.12 bits per heavy atom. The molecule has 1 aliphatic heterocycles. The van der Waals surface area contributed by atoms with E-state index in [0.717, 1.165) is 54.4 Å². The maximum Gasteiger partial charge on any atom is 0.123 e. The van der Waals surface area contributed by atoms with Gasteiger partial charge in [0.25, 0.3) is 0 Å². The lowest BCUT2D eigenvalue weighted by atomic mass is 9.83. The number of benzene rings is 1. The minimum absolute atomic E-state index is 0.811. The van der Waals surface area contributed by atoms with Gasteiger partial charge in [-0.25, -0.2) is 4.98 Å². The summed E-state index contributed by atoms with van der Waals surface area (Å²) in [6.45, 7) is 5.21. The third kappa shape index (κ3) is 3.65. The molecule has 4 rings (SSSR count). The molecule has 1 aliphatic carbocycles. The smallest absolute Gasteiger partial charge is 0.123 e. The van der Waals surface area contributed by atoms with Crippen LogP contribution in [-0.4, -0.2) is 18.1 Å². The van der Waals surface area contributed by atoms with Crippen molar-refractivity contribution >= 4 is 11.3 Å². The van der Waals surface area contributed by atoms with Crippen LogP contribution in [-0.2, 0) is 13.0 Å². The first-order valence-corrected chi connectivity index (χ1v) is 10.1. The molecule has 0 atom stereocenters. The molecule has 0 amide bonds. The van der Waals surface area contributed by atoms with Gasteiger partial charge in [-0.15, -0.1) is 11.3 Å². The van der Waals surface area contributed by atoms with E-state index in [2.05, 4.69) is 35.8 Å². The molecule has 2 heterocycles. The zero-order chi connectivity index (χ0) is 16.4. The van der Waals surface area contributed by atoms with Crippen LogP contribution < -0.4 is 10.1 Å². The average Bonchev–Trinajstić information content (AvgIpc) is 3.25. The Balaban J connectivity index is 1.32. The molecule has 0 radical (unpaired) electrons. The predicted molar refractivity (Wildman–Crippen MR) is 99.6 cm³/mol. The summed E-state index contributed by atoms with van der Waals surface area (Å²) in [5.41, 5.74) is 3.70. The quantitative estimate of drug-likeness (QED) is 0.858. The molecule has 0 unspecified atom stereocenters. The van der Waals surface area contributed by atoms with E-state index in [-0.39, 0.29) is 0 Å². The van der Waals surface area contributed by atoms with Crippen LogP contribution in [0.5, 0.6) is 5.75 Å². The van der Waals surface area contributed by atoms with Crippen LogP contribution in [0.3, 0.4) is 0 Å². The lowest BCUT2D eigenvalue weighted by molar-refractivity contribution is 0.281. The monoisotopic (exact) mass is 342 g/mol. The van der Waals surface area contributed by atoms with Gasteiger partial charge in [-0.1, -0.05) is 19.8 Å². The van der Waals surface area contributed by atoms with Crippen LogP contribution in [0.4, 0.5) is 0 Å². The third-order valence-electron chi connectivity index (χ3n) is 5.36. The van der Waals surface area contributed by atoms with E-state index < -0.39 is 0 Å². The minimum Gasteiger partial charge on any atom is -0.493 e. The summed E-state index contributed by atoms with van der Waals surface area (Å²) >= 11 is 1.74. The Labute approximate surface area is 148 Å². The predicted octanol–water partition coefficient (Wildman–Crippen LogP) is 4.66. The number of fused-ring (bicyclic) bond motifs is 1. The molecule has 1 saturated carbocycles. The summed E-state index contributed by atoms with van der Waals surface area (Å²) < 4.78 is 5.58. The highest BCUT2D eigenvalue weighted by atomic mass is 32.1. The average molecular weight is 343 g/mol. The van der Waals surface area contributed by atoms with Crippen molar-refractivity contribution in [1.82, 2.24) is 10.3 Å². The van der Waals surface area contributed by atoms with Crippen LogP contribution in [0.1, 0.15) is 43.9 Å². The van der Waals surface area contributed by atoms with E-state index in [4.69, 9.17) is 9.72 Å². The number of rotatable bonds is 5. The summed E-state index contributed by atoms with van der Waals surface area (Å²) in [7, 11) is 0. The number of hydrogen-bond acceptors (Lipinski definition) is 4. The van der Waals surface area contributed by atoms with E-state index in [1.807, 2.05) is 0 Å². The van der Waals surface area contributed by atoms with Crippen molar-refractivity contribution in [1.29, 1.82) is 0 Å². The fourth-order valence-electron chi connectivity index (χ4n) is 3.78. The summed E-state index contributed by atoms with van der Waals surface area (Å²) in [6, 6.07) is 6.45. The molecule has 2 aliphatic rings. The van der Waals surface area contributed by atoms with Crippen LogP contribution >= 0.6 is 11.3 Å². The van der Waals surface area contributed by atoms with Gasteiger partial charge in [0.05, 0.1) is 12.3 Å². The molecule has 1 N–H and O–H groups in total. The van der Waals surface area contributed by atoms with Gasteiger partial charge < -0.3 is 10.1 Å². The Hall–Kier alpha value is -1.39. The normalized spacial score (nSPS) is 23.0. The van der Waals surface area contributed by atoms with E-state index >= 15 is 0 Å². The van der Waals surface area contributed by atoms with Crippen LogP contribution in [0, 0.1) is 11.8 Å². The standard InChI is InChI=1S/C20H26N2OS/c1-14-2-4-15(5-3-14)11-21-12-18-13-24-20(22-18)17-6-7-19-16(10-17)8-9-23-19/h6-7,10,13-15,21H,2-5,8-9,11-12H2,1H3. The second-order valence-corrected chi connectivity index (χ2v) is 8.18. The van der Waals surface area contributed by atoms with Gasteiger partial charge in [-0.05, 0) is 55.0 Å². The zero-order valence-electron chi connectivity index (χ0n) is 14.4. The first-order chi connectivity index (χ1) is 11.8. The van der Waals surface area contributed by atoms with Crippen molar-refractivity contribution in [2.24, 2.45) is 11.8 Å². The maximum absolute atomic E-state index is 5.58. The van der Waals surface area contributed by atoms with Crippen molar-refractivity contribution in [3.05, 3.63) is 34.8 Å². The van der Waals surface area contributed by atoms with Crippen molar-refractivity contribution in [2.75, 3.05) is 13.2 Å². The Morgan fingerprint density at radius 3 is 3.00 bits per heavy atom. The number of thiazole rings is 1. The molecule has 0 bridgehead atoms. The fourth-order valence-corrected chi connectivity index (χ4v) is 4.59. The lowest BCUT2D eigenvalue weighted by Crippen LogP contribution is -2.25. The molecule has 1 aromatic carbocycles. The number of hydrogen-bond donors (Lipinski definition) is 1. The Morgan fingerprint density at radius 1 is 1.25 bits per heavy atom. The molecule has 0 spiro atoms. The van der Waals surface area contributed by atoms with E-state index in [9.17, 15) is 0 Å². The minimum atomic E-state index is 0.811. The molecule has 0 saturated heterocycles. The lowest BCUT2D eigenvalue weighted by Gasteiger charge is -2.26. The Bertz CT molecular complexity index is 689. The van der Waals surface area contributed by atoms with Gasteiger partial charge in [-0.2, -0.15) is 0 Å². The largest absolute Gasteiger partial charge is 0.493 e.